The van der Waals surface area contributed by atoms with Crippen molar-refractivity contribution < 1.29 is 0 Å². The largest absolute Gasteiger partial charge is 0.324 e. The van der Waals surface area contributed by atoms with Gasteiger partial charge in [-0.25, -0.2) is 0 Å². The molecule has 1 fully saturated rings. The summed E-state index contributed by atoms with van der Waals surface area (Å²) < 4.78 is 0. The molecule has 3 heteroatoms. The summed E-state index contributed by atoms with van der Waals surface area (Å²) in [4.78, 5) is 2.40. The molecule has 1 aliphatic rings. The predicted molar refractivity (Wildman–Crippen MR) is 56.8 cm³/mol. The number of hydrogen-bond donors (Lipinski definition) is 2. The van der Waals surface area contributed by atoms with E-state index in [0.717, 1.165) is 25.7 Å². The Hall–Kier alpha value is -0.120. The smallest absolute Gasteiger partial charge is 0.0226 e. The average Bonchev–Trinajstić information content (AvgIpc) is 2.03. The Bertz CT molecular complexity index is 145. The van der Waals surface area contributed by atoms with Crippen molar-refractivity contribution in [2.24, 2.45) is 5.73 Å². The van der Waals surface area contributed by atoms with Crippen LogP contribution in [0.2, 0.25) is 0 Å². The molecule has 1 heterocycles. The van der Waals surface area contributed by atoms with Crippen molar-refractivity contribution in [3.8, 4) is 0 Å². The number of nitrogens with one attached hydrogen (secondary N) is 1. The summed E-state index contributed by atoms with van der Waals surface area (Å²) in [7, 11) is 2.19. The molecule has 78 valence electrons. The minimum Gasteiger partial charge on any atom is -0.324 e. The van der Waals surface area contributed by atoms with Crippen molar-refractivity contribution in [2.45, 2.75) is 38.3 Å². The third kappa shape index (κ3) is 4.07. The van der Waals surface area contributed by atoms with Crippen LogP contribution in [-0.4, -0.2) is 43.2 Å². The minimum atomic E-state index is -0.0698. The molecule has 0 aliphatic carbocycles. The molecule has 0 aromatic carbocycles. The lowest BCUT2D eigenvalue weighted by atomic mass is 10.0. The van der Waals surface area contributed by atoms with E-state index < -0.39 is 0 Å². The summed E-state index contributed by atoms with van der Waals surface area (Å²) in [6, 6.07) is 0.726. The van der Waals surface area contributed by atoms with Crippen LogP contribution in [0.1, 0.15) is 26.7 Å². The maximum absolute atomic E-state index is 5.99. The highest BCUT2D eigenvalue weighted by atomic mass is 15.2. The first-order valence-electron chi connectivity index (χ1n) is 5.19. The molecule has 0 atom stereocenters. The van der Waals surface area contributed by atoms with Gasteiger partial charge in [-0.15, -0.1) is 0 Å². The monoisotopic (exact) mass is 185 g/mol. The SMILES string of the molecule is CN(CC(C)(C)N)C1CCNCC1. The highest BCUT2D eigenvalue weighted by Gasteiger charge is 2.21. The van der Waals surface area contributed by atoms with Gasteiger partial charge in [0.25, 0.3) is 0 Å². The Morgan fingerprint density at radius 1 is 1.38 bits per heavy atom. The lowest BCUT2D eigenvalue weighted by molar-refractivity contribution is 0.169. The quantitative estimate of drug-likeness (QED) is 0.669. The van der Waals surface area contributed by atoms with Crippen LogP contribution in [0.5, 0.6) is 0 Å². The van der Waals surface area contributed by atoms with Crippen LogP contribution in [0.15, 0.2) is 0 Å². The number of likely N-dealkylation sites (N-methyl/N-ethyl adjacent to an activating group) is 1. The predicted octanol–water partition coefficient (Wildman–Crippen LogP) is 0.408. The molecule has 0 bridgehead atoms. The molecule has 0 aromatic rings. The molecule has 0 aromatic heterocycles. The van der Waals surface area contributed by atoms with E-state index >= 15 is 0 Å². The Balaban J connectivity index is 2.33. The lowest BCUT2D eigenvalue weighted by Crippen LogP contribution is -2.49. The number of rotatable bonds is 3. The second-order valence-corrected chi connectivity index (χ2v) is 4.88. The van der Waals surface area contributed by atoms with Crippen LogP contribution in [-0.2, 0) is 0 Å². The van der Waals surface area contributed by atoms with Crippen LogP contribution >= 0.6 is 0 Å². The molecule has 13 heavy (non-hydrogen) atoms. The zero-order valence-corrected chi connectivity index (χ0v) is 9.14. The molecule has 0 radical (unpaired) electrons. The fourth-order valence-corrected chi connectivity index (χ4v) is 2.02. The van der Waals surface area contributed by atoms with Gasteiger partial charge in [0.05, 0.1) is 0 Å². The van der Waals surface area contributed by atoms with Gasteiger partial charge in [0, 0.05) is 18.1 Å². The van der Waals surface area contributed by atoms with Crippen molar-refractivity contribution in [1.29, 1.82) is 0 Å². The highest BCUT2D eigenvalue weighted by molar-refractivity contribution is 4.82. The minimum absolute atomic E-state index is 0.0698. The van der Waals surface area contributed by atoms with Crippen molar-refractivity contribution in [1.82, 2.24) is 10.2 Å². The van der Waals surface area contributed by atoms with Gasteiger partial charge in [0.2, 0.25) is 0 Å². The van der Waals surface area contributed by atoms with Gasteiger partial charge in [-0.1, -0.05) is 0 Å². The summed E-state index contributed by atoms with van der Waals surface area (Å²) in [6.07, 6.45) is 2.51. The van der Waals surface area contributed by atoms with Crippen LogP contribution < -0.4 is 11.1 Å². The van der Waals surface area contributed by atoms with Crippen molar-refractivity contribution in [2.75, 3.05) is 26.7 Å². The summed E-state index contributed by atoms with van der Waals surface area (Å²) in [5, 5.41) is 3.37. The first-order chi connectivity index (χ1) is 5.99. The first kappa shape index (κ1) is 11.0. The van der Waals surface area contributed by atoms with Crippen LogP contribution in [0.3, 0.4) is 0 Å². The molecule has 1 aliphatic heterocycles. The molecular formula is C10H23N3. The van der Waals surface area contributed by atoms with Gasteiger partial charge in [-0.3, -0.25) is 0 Å². The number of nitrogens with two attached hydrogens (primary N) is 1. The molecular weight excluding hydrogens is 162 g/mol. The van der Waals surface area contributed by atoms with E-state index in [4.69, 9.17) is 5.73 Å². The zero-order valence-electron chi connectivity index (χ0n) is 9.14. The van der Waals surface area contributed by atoms with E-state index in [-0.39, 0.29) is 5.54 Å². The van der Waals surface area contributed by atoms with Crippen LogP contribution in [0.4, 0.5) is 0 Å². The van der Waals surface area contributed by atoms with E-state index in [9.17, 15) is 0 Å². The second-order valence-electron chi connectivity index (χ2n) is 4.88. The number of hydrogen-bond acceptors (Lipinski definition) is 3. The highest BCUT2D eigenvalue weighted by Crippen LogP contribution is 2.12. The van der Waals surface area contributed by atoms with Gasteiger partial charge in [0.15, 0.2) is 0 Å². The van der Waals surface area contributed by atoms with Crippen LogP contribution in [0.25, 0.3) is 0 Å². The molecule has 1 rings (SSSR count). The third-order valence-electron chi connectivity index (χ3n) is 2.59. The van der Waals surface area contributed by atoms with E-state index in [1.165, 1.54) is 12.8 Å². The normalized spacial score (nSPS) is 21.0. The number of piperidine rings is 1. The average molecular weight is 185 g/mol. The summed E-state index contributed by atoms with van der Waals surface area (Å²) in [5.41, 5.74) is 5.92. The zero-order chi connectivity index (χ0) is 9.90. The third-order valence-corrected chi connectivity index (χ3v) is 2.59. The Morgan fingerprint density at radius 2 is 1.92 bits per heavy atom. The molecule has 1 saturated heterocycles. The van der Waals surface area contributed by atoms with Gasteiger partial charge < -0.3 is 16.0 Å². The van der Waals surface area contributed by atoms with E-state index in [0.29, 0.717) is 0 Å². The Morgan fingerprint density at radius 3 is 2.38 bits per heavy atom. The first-order valence-corrected chi connectivity index (χ1v) is 5.19. The van der Waals surface area contributed by atoms with E-state index in [2.05, 4.69) is 31.1 Å². The van der Waals surface area contributed by atoms with Crippen molar-refractivity contribution in [3.63, 3.8) is 0 Å². The van der Waals surface area contributed by atoms with Gasteiger partial charge in [-0.05, 0) is 46.8 Å². The fourth-order valence-electron chi connectivity index (χ4n) is 2.02. The standard InChI is InChI=1S/C10H23N3/c1-10(2,11)8-13(3)9-4-6-12-7-5-9/h9,12H,4-8,11H2,1-3H3. The van der Waals surface area contributed by atoms with Crippen molar-refractivity contribution >= 4 is 0 Å². The maximum Gasteiger partial charge on any atom is 0.0226 e. The molecule has 3 nitrogen and oxygen atoms in total. The van der Waals surface area contributed by atoms with Gasteiger partial charge in [-0.2, -0.15) is 0 Å². The summed E-state index contributed by atoms with van der Waals surface area (Å²) >= 11 is 0. The fraction of sp³-hybridized carbons (Fsp3) is 1.00. The van der Waals surface area contributed by atoms with Crippen molar-refractivity contribution in [3.05, 3.63) is 0 Å². The maximum atomic E-state index is 5.99. The second kappa shape index (κ2) is 4.40. The summed E-state index contributed by atoms with van der Waals surface area (Å²) in [5.74, 6) is 0. The topological polar surface area (TPSA) is 41.3 Å². The van der Waals surface area contributed by atoms with Crippen LogP contribution in [0, 0.1) is 0 Å². The van der Waals surface area contributed by atoms with Gasteiger partial charge in [0.1, 0.15) is 0 Å². The Labute approximate surface area is 81.7 Å². The Kier molecular flexibility index (Phi) is 3.71. The summed E-state index contributed by atoms with van der Waals surface area (Å²) in [6.45, 7) is 7.47. The lowest BCUT2D eigenvalue weighted by Gasteiger charge is -2.35. The molecule has 0 amide bonds. The molecule has 3 N–H and O–H groups in total. The molecule has 0 spiro atoms. The number of nitrogens with zero attached hydrogens (tertiary/aromatic N) is 1. The molecule has 0 saturated carbocycles. The van der Waals surface area contributed by atoms with E-state index in [1.807, 2.05) is 0 Å². The van der Waals surface area contributed by atoms with Gasteiger partial charge >= 0.3 is 0 Å². The van der Waals surface area contributed by atoms with E-state index in [1.54, 1.807) is 0 Å². The molecule has 0 unspecified atom stereocenters.